The highest BCUT2D eigenvalue weighted by molar-refractivity contribution is 5.98. The van der Waals surface area contributed by atoms with Crippen molar-refractivity contribution >= 4 is 11.6 Å². The van der Waals surface area contributed by atoms with Gasteiger partial charge in [-0.05, 0) is 31.0 Å². The van der Waals surface area contributed by atoms with E-state index in [1.54, 1.807) is 12.1 Å². The lowest BCUT2D eigenvalue weighted by molar-refractivity contribution is -0.123. The Morgan fingerprint density at radius 3 is 2.83 bits per heavy atom. The van der Waals surface area contributed by atoms with Crippen LogP contribution in [0.25, 0.3) is 0 Å². The van der Waals surface area contributed by atoms with Gasteiger partial charge >= 0.3 is 0 Å². The lowest BCUT2D eigenvalue weighted by Gasteiger charge is -2.27. The number of aliphatic hydroxyl groups excluding tert-OH is 1. The second kappa shape index (κ2) is 5.27. The van der Waals surface area contributed by atoms with Gasteiger partial charge in [0.15, 0.2) is 17.6 Å². The molecule has 0 saturated heterocycles. The molecule has 1 aliphatic heterocycles. The zero-order valence-electron chi connectivity index (χ0n) is 10.5. The highest BCUT2D eigenvalue weighted by atomic mass is 16.5. The SMILES string of the molecule is CCOc1cc(CO)cc2c1OC(CC)C(=O)N2. The van der Waals surface area contributed by atoms with E-state index in [9.17, 15) is 9.90 Å². The van der Waals surface area contributed by atoms with Crippen molar-refractivity contribution in [2.24, 2.45) is 0 Å². The summed E-state index contributed by atoms with van der Waals surface area (Å²) in [5, 5.41) is 12.0. The van der Waals surface area contributed by atoms with Crippen LogP contribution >= 0.6 is 0 Å². The fraction of sp³-hybridized carbons (Fsp3) is 0.462. The van der Waals surface area contributed by atoms with Crippen LogP contribution in [0.5, 0.6) is 11.5 Å². The number of rotatable bonds is 4. The minimum absolute atomic E-state index is 0.111. The molecule has 0 fully saturated rings. The van der Waals surface area contributed by atoms with Crippen LogP contribution in [0.2, 0.25) is 0 Å². The van der Waals surface area contributed by atoms with Crippen molar-refractivity contribution in [3.63, 3.8) is 0 Å². The number of amides is 1. The van der Waals surface area contributed by atoms with Crippen molar-refractivity contribution in [2.45, 2.75) is 33.0 Å². The molecule has 0 saturated carbocycles. The van der Waals surface area contributed by atoms with Gasteiger partial charge in [-0.3, -0.25) is 4.79 Å². The molecule has 1 atom stereocenters. The standard InChI is InChI=1S/C13H17NO4/c1-3-10-13(16)14-9-5-8(7-15)6-11(17-4-2)12(9)18-10/h5-6,10,15H,3-4,7H2,1-2H3,(H,14,16). The van der Waals surface area contributed by atoms with Crippen molar-refractivity contribution in [3.8, 4) is 11.5 Å². The van der Waals surface area contributed by atoms with E-state index in [1.807, 2.05) is 13.8 Å². The molecule has 1 amide bonds. The lowest BCUT2D eigenvalue weighted by atomic mass is 10.1. The number of fused-ring (bicyclic) bond motifs is 1. The minimum Gasteiger partial charge on any atom is -0.490 e. The molecule has 98 valence electrons. The Labute approximate surface area is 106 Å². The number of nitrogens with one attached hydrogen (secondary N) is 1. The Morgan fingerprint density at radius 2 is 2.22 bits per heavy atom. The molecule has 0 radical (unpaired) electrons. The molecule has 1 unspecified atom stereocenters. The average Bonchev–Trinajstić information content (AvgIpc) is 2.38. The summed E-state index contributed by atoms with van der Waals surface area (Å²) in [7, 11) is 0. The van der Waals surface area contributed by atoms with Crippen LogP contribution < -0.4 is 14.8 Å². The summed E-state index contributed by atoms with van der Waals surface area (Å²) in [5.74, 6) is 0.931. The molecule has 5 heteroatoms. The third kappa shape index (κ3) is 2.26. The molecular formula is C13H17NO4. The number of hydrogen-bond acceptors (Lipinski definition) is 4. The quantitative estimate of drug-likeness (QED) is 0.854. The number of carbonyl (C=O) groups is 1. The third-order valence-corrected chi connectivity index (χ3v) is 2.78. The predicted octanol–water partition coefficient (Wildman–Crippen LogP) is 1.69. The summed E-state index contributed by atoms with van der Waals surface area (Å²) in [6, 6.07) is 3.42. The summed E-state index contributed by atoms with van der Waals surface area (Å²) < 4.78 is 11.1. The Balaban J connectivity index is 2.43. The first kappa shape index (κ1) is 12.7. The van der Waals surface area contributed by atoms with E-state index in [0.29, 0.717) is 35.8 Å². The van der Waals surface area contributed by atoms with Gasteiger partial charge in [0, 0.05) is 0 Å². The minimum atomic E-state index is -0.489. The van der Waals surface area contributed by atoms with Gasteiger partial charge in [0.2, 0.25) is 0 Å². The van der Waals surface area contributed by atoms with Gasteiger partial charge in [0.1, 0.15) is 0 Å². The summed E-state index contributed by atoms with van der Waals surface area (Å²) in [6.07, 6.45) is 0.107. The lowest BCUT2D eigenvalue weighted by Crippen LogP contribution is -2.36. The van der Waals surface area contributed by atoms with Crippen LogP contribution in [0.3, 0.4) is 0 Å². The Hall–Kier alpha value is -1.75. The first-order chi connectivity index (χ1) is 8.69. The van der Waals surface area contributed by atoms with Gasteiger partial charge in [-0.1, -0.05) is 6.92 Å². The molecule has 2 N–H and O–H groups in total. The van der Waals surface area contributed by atoms with Crippen LogP contribution in [0.15, 0.2) is 12.1 Å². The zero-order chi connectivity index (χ0) is 13.1. The van der Waals surface area contributed by atoms with Gasteiger partial charge in [0.05, 0.1) is 18.9 Å². The van der Waals surface area contributed by atoms with Gasteiger partial charge in [-0.2, -0.15) is 0 Å². The van der Waals surface area contributed by atoms with Crippen molar-refractivity contribution in [1.82, 2.24) is 0 Å². The van der Waals surface area contributed by atoms with Crippen molar-refractivity contribution in [2.75, 3.05) is 11.9 Å². The molecule has 0 aromatic heterocycles. The number of ether oxygens (including phenoxy) is 2. The second-order valence-corrected chi connectivity index (χ2v) is 4.07. The topological polar surface area (TPSA) is 67.8 Å². The summed E-state index contributed by atoms with van der Waals surface area (Å²) in [4.78, 5) is 11.7. The molecule has 2 rings (SSSR count). The summed E-state index contributed by atoms with van der Waals surface area (Å²) in [5.41, 5.74) is 1.23. The van der Waals surface area contributed by atoms with Gasteiger partial charge < -0.3 is 19.9 Å². The van der Waals surface area contributed by atoms with Crippen molar-refractivity contribution in [3.05, 3.63) is 17.7 Å². The van der Waals surface area contributed by atoms with Crippen LogP contribution in [-0.2, 0) is 11.4 Å². The zero-order valence-corrected chi connectivity index (χ0v) is 10.5. The molecule has 1 heterocycles. The van der Waals surface area contributed by atoms with E-state index >= 15 is 0 Å². The normalized spacial score (nSPS) is 17.7. The first-order valence-electron chi connectivity index (χ1n) is 6.07. The smallest absolute Gasteiger partial charge is 0.265 e. The van der Waals surface area contributed by atoms with Crippen LogP contribution in [0.1, 0.15) is 25.8 Å². The number of aliphatic hydroxyl groups is 1. The fourth-order valence-corrected chi connectivity index (χ4v) is 1.91. The highest BCUT2D eigenvalue weighted by Gasteiger charge is 2.29. The molecule has 0 spiro atoms. The number of hydrogen-bond donors (Lipinski definition) is 2. The molecule has 1 aromatic carbocycles. The Kier molecular flexibility index (Phi) is 3.72. The van der Waals surface area contributed by atoms with E-state index in [-0.39, 0.29) is 12.5 Å². The summed E-state index contributed by atoms with van der Waals surface area (Å²) in [6.45, 7) is 4.14. The molecule has 1 aliphatic rings. The third-order valence-electron chi connectivity index (χ3n) is 2.78. The van der Waals surface area contributed by atoms with Crippen molar-refractivity contribution < 1.29 is 19.4 Å². The van der Waals surface area contributed by atoms with Crippen molar-refractivity contribution in [1.29, 1.82) is 0 Å². The van der Waals surface area contributed by atoms with E-state index in [2.05, 4.69) is 5.32 Å². The van der Waals surface area contributed by atoms with Crippen LogP contribution in [0, 0.1) is 0 Å². The fourth-order valence-electron chi connectivity index (χ4n) is 1.91. The van der Waals surface area contributed by atoms with Gasteiger partial charge in [0.25, 0.3) is 5.91 Å². The molecular weight excluding hydrogens is 234 g/mol. The molecule has 5 nitrogen and oxygen atoms in total. The van der Waals surface area contributed by atoms with E-state index < -0.39 is 6.10 Å². The first-order valence-corrected chi connectivity index (χ1v) is 6.07. The molecule has 0 aliphatic carbocycles. The van der Waals surface area contributed by atoms with Gasteiger partial charge in [-0.25, -0.2) is 0 Å². The van der Waals surface area contributed by atoms with Gasteiger partial charge in [-0.15, -0.1) is 0 Å². The van der Waals surface area contributed by atoms with Crippen LogP contribution in [-0.4, -0.2) is 23.7 Å². The van der Waals surface area contributed by atoms with E-state index in [1.165, 1.54) is 0 Å². The van der Waals surface area contributed by atoms with Crippen LogP contribution in [0.4, 0.5) is 5.69 Å². The largest absolute Gasteiger partial charge is 0.490 e. The number of carbonyl (C=O) groups excluding carboxylic acids is 1. The average molecular weight is 251 g/mol. The molecule has 0 bridgehead atoms. The number of benzene rings is 1. The maximum Gasteiger partial charge on any atom is 0.265 e. The monoisotopic (exact) mass is 251 g/mol. The maximum absolute atomic E-state index is 11.7. The van der Waals surface area contributed by atoms with E-state index in [4.69, 9.17) is 9.47 Å². The molecule has 18 heavy (non-hydrogen) atoms. The summed E-state index contributed by atoms with van der Waals surface area (Å²) >= 11 is 0. The Morgan fingerprint density at radius 1 is 1.44 bits per heavy atom. The predicted molar refractivity (Wildman–Crippen MR) is 66.9 cm³/mol. The van der Waals surface area contributed by atoms with E-state index in [0.717, 1.165) is 0 Å². The second-order valence-electron chi connectivity index (χ2n) is 4.07. The highest BCUT2D eigenvalue weighted by Crippen LogP contribution is 2.40. The number of anilines is 1. The Bertz CT molecular complexity index is 459. The molecule has 1 aromatic rings. The maximum atomic E-state index is 11.7.